The summed E-state index contributed by atoms with van der Waals surface area (Å²) in [5.41, 5.74) is 0. The maximum absolute atomic E-state index is 9.98. The third kappa shape index (κ3) is 2.50. The van der Waals surface area contributed by atoms with Crippen LogP contribution in [0.25, 0.3) is 0 Å². The van der Waals surface area contributed by atoms with Crippen molar-refractivity contribution in [3.63, 3.8) is 0 Å². The summed E-state index contributed by atoms with van der Waals surface area (Å²) in [5.74, 6) is 0. The van der Waals surface area contributed by atoms with Gasteiger partial charge in [0.2, 0.25) is 0 Å². The van der Waals surface area contributed by atoms with Gasteiger partial charge >= 0.3 is 0 Å². The number of rotatable bonds is 1. The fourth-order valence-corrected chi connectivity index (χ4v) is 2.76. The monoisotopic (exact) mass is 215 g/mol. The van der Waals surface area contributed by atoms with E-state index in [0.717, 1.165) is 25.7 Å². The van der Waals surface area contributed by atoms with Crippen molar-refractivity contribution >= 4 is 0 Å². The molecule has 0 spiro atoms. The van der Waals surface area contributed by atoms with Gasteiger partial charge in [0.05, 0.1) is 18.3 Å². The minimum absolute atomic E-state index is 0.138. The third-order valence-corrected chi connectivity index (χ3v) is 3.70. The molecule has 2 fully saturated rings. The van der Waals surface area contributed by atoms with Gasteiger partial charge in [0, 0.05) is 19.1 Å². The fourth-order valence-electron chi connectivity index (χ4n) is 2.76. The van der Waals surface area contributed by atoms with E-state index in [0.29, 0.717) is 13.1 Å². The highest BCUT2D eigenvalue weighted by Gasteiger charge is 2.36. The second-order valence-corrected chi connectivity index (χ2v) is 4.86. The maximum atomic E-state index is 9.98. The van der Waals surface area contributed by atoms with E-state index in [9.17, 15) is 15.3 Å². The predicted octanol–water partition coefficient (Wildman–Crippen LogP) is -0.283. The first-order valence-electron chi connectivity index (χ1n) is 5.96. The number of hydrogen-bond acceptors (Lipinski definition) is 4. The predicted molar refractivity (Wildman–Crippen MR) is 56.5 cm³/mol. The van der Waals surface area contributed by atoms with Crippen molar-refractivity contribution in [1.82, 2.24) is 4.90 Å². The zero-order chi connectivity index (χ0) is 10.8. The zero-order valence-electron chi connectivity index (χ0n) is 9.05. The van der Waals surface area contributed by atoms with Crippen molar-refractivity contribution in [2.75, 3.05) is 13.1 Å². The fraction of sp³-hybridized carbons (Fsp3) is 1.00. The molecular weight excluding hydrogens is 194 g/mol. The Kier molecular flexibility index (Phi) is 3.61. The second-order valence-electron chi connectivity index (χ2n) is 4.86. The van der Waals surface area contributed by atoms with E-state index in [1.807, 2.05) is 4.90 Å². The molecule has 2 aliphatic rings. The average molecular weight is 215 g/mol. The number of aliphatic hydroxyl groups excluding tert-OH is 3. The Bertz CT molecular complexity index is 202. The second kappa shape index (κ2) is 4.78. The molecule has 15 heavy (non-hydrogen) atoms. The molecular formula is C11H21NO3. The van der Waals surface area contributed by atoms with Gasteiger partial charge in [-0.05, 0) is 12.8 Å². The van der Waals surface area contributed by atoms with E-state index < -0.39 is 12.2 Å². The molecule has 1 heterocycles. The van der Waals surface area contributed by atoms with Gasteiger partial charge in [0.15, 0.2) is 0 Å². The van der Waals surface area contributed by atoms with E-state index in [-0.39, 0.29) is 12.1 Å². The Labute approximate surface area is 90.5 Å². The molecule has 4 heteroatoms. The summed E-state index contributed by atoms with van der Waals surface area (Å²) in [5, 5.41) is 28.9. The lowest BCUT2D eigenvalue weighted by Crippen LogP contribution is -2.42. The van der Waals surface area contributed by atoms with Crippen molar-refractivity contribution in [2.24, 2.45) is 0 Å². The first-order valence-corrected chi connectivity index (χ1v) is 5.96. The molecule has 1 saturated carbocycles. The minimum atomic E-state index is -0.638. The van der Waals surface area contributed by atoms with Crippen LogP contribution in [-0.2, 0) is 0 Å². The largest absolute Gasteiger partial charge is 0.391 e. The summed E-state index contributed by atoms with van der Waals surface area (Å²) in [6.07, 6.45) is 3.70. The van der Waals surface area contributed by atoms with Gasteiger partial charge in [-0.1, -0.05) is 19.3 Å². The minimum Gasteiger partial charge on any atom is -0.391 e. The molecule has 1 saturated heterocycles. The summed E-state index contributed by atoms with van der Waals surface area (Å²) in [6, 6.07) is 0.138. The molecule has 0 amide bonds. The molecule has 0 aromatic carbocycles. The van der Waals surface area contributed by atoms with Crippen molar-refractivity contribution in [1.29, 1.82) is 0 Å². The quantitative estimate of drug-likeness (QED) is 0.526. The first-order chi connectivity index (χ1) is 7.18. The lowest BCUT2D eigenvalue weighted by molar-refractivity contribution is 0.0490. The first kappa shape index (κ1) is 11.3. The van der Waals surface area contributed by atoms with Crippen LogP contribution in [0.4, 0.5) is 0 Å². The van der Waals surface area contributed by atoms with Gasteiger partial charge in [0.25, 0.3) is 0 Å². The molecule has 0 radical (unpaired) electrons. The topological polar surface area (TPSA) is 63.9 Å². The molecule has 1 aliphatic heterocycles. The summed E-state index contributed by atoms with van der Waals surface area (Å²) in [7, 11) is 0. The molecule has 3 N–H and O–H groups in total. The van der Waals surface area contributed by atoms with Crippen molar-refractivity contribution < 1.29 is 15.3 Å². The Balaban J connectivity index is 1.96. The Hall–Kier alpha value is -0.160. The van der Waals surface area contributed by atoms with Crippen molar-refractivity contribution in [2.45, 2.75) is 56.5 Å². The number of nitrogens with zero attached hydrogens (tertiary/aromatic N) is 1. The smallest absolute Gasteiger partial charge is 0.0938 e. The van der Waals surface area contributed by atoms with Gasteiger partial charge in [0.1, 0.15) is 0 Å². The average Bonchev–Trinajstić information content (AvgIpc) is 2.41. The molecule has 4 nitrogen and oxygen atoms in total. The van der Waals surface area contributed by atoms with Gasteiger partial charge < -0.3 is 15.3 Å². The van der Waals surface area contributed by atoms with Gasteiger partial charge in [-0.15, -0.1) is 0 Å². The molecule has 0 aromatic heterocycles. The molecule has 1 aliphatic carbocycles. The summed E-state index contributed by atoms with van der Waals surface area (Å²) in [4.78, 5) is 2.05. The number of β-amino-alcohol motifs (C(OH)–C–C–N with tert-alkyl or cyclic N) is 2. The SMILES string of the molecule is OC1CN(C2CCCCCC2O)CC1O. The standard InChI is InChI=1S/C11H21NO3/c13-9-5-3-1-2-4-8(9)12-6-10(14)11(15)7-12/h8-11,13-15H,1-7H2. The van der Waals surface area contributed by atoms with Crippen LogP contribution < -0.4 is 0 Å². The molecule has 88 valence electrons. The Morgan fingerprint density at radius 3 is 2.00 bits per heavy atom. The van der Waals surface area contributed by atoms with Crippen LogP contribution in [0.15, 0.2) is 0 Å². The third-order valence-electron chi connectivity index (χ3n) is 3.70. The Morgan fingerprint density at radius 1 is 0.733 bits per heavy atom. The van der Waals surface area contributed by atoms with Crippen LogP contribution in [0.2, 0.25) is 0 Å². The summed E-state index contributed by atoms with van der Waals surface area (Å²) in [6.45, 7) is 1.01. The highest BCUT2D eigenvalue weighted by molar-refractivity contribution is 4.91. The Morgan fingerprint density at radius 2 is 1.33 bits per heavy atom. The van der Waals surface area contributed by atoms with Gasteiger partial charge in [-0.2, -0.15) is 0 Å². The van der Waals surface area contributed by atoms with Crippen LogP contribution >= 0.6 is 0 Å². The van der Waals surface area contributed by atoms with Crippen LogP contribution in [0.1, 0.15) is 32.1 Å². The molecule has 0 bridgehead atoms. The summed E-state index contributed by atoms with van der Waals surface area (Å²) >= 11 is 0. The maximum Gasteiger partial charge on any atom is 0.0938 e. The molecule has 4 unspecified atom stereocenters. The lowest BCUT2D eigenvalue weighted by atomic mass is 10.0. The number of hydrogen-bond donors (Lipinski definition) is 3. The van der Waals surface area contributed by atoms with E-state index >= 15 is 0 Å². The van der Waals surface area contributed by atoms with Crippen LogP contribution in [0.5, 0.6) is 0 Å². The molecule has 4 atom stereocenters. The van der Waals surface area contributed by atoms with Crippen LogP contribution in [-0.4, -0.2) is 57.7 Å². The number of likely N-dealkylation sites (tertiary alicyclic amines) is 1. The highest BCUT2D eigenvalue weighted by Crippen LogP contribution is 2.25. The van der Waals surface area contributed by atoms with E-state index in [2.05, 4.69) is 0 Å². The lowest BCUT2D eigenvalue weighted by Gasteiger charge is -2.30. The van der Waals surface area contributed by atoms with Crippen molar-refractivity contribution in [3.05, 3.63) is 0 Å². The normalized spacial score (nSPS) is 44.2. The summed E-state index contributed by atoms with van der Waals surface area (Å²) < 4.78 is 0. The number of aliphatic hydroxyl groups is 3. The van der Waals surface area contributed by atoms with Crippen LogP contribution in [0.3, 0.4) is 0 Å². The van der Waals surface area contributed by atoms with Gasteiger partial charge in [-0.25, -0.2) is 0 Å². The molecule has 0 aromatic rings. The van der Waals surface area contributed by atoms with E-state index in [1.165, 1.54) is 6.42 Å². The van der Waals surface area contributed by atoms with Gasteiger partial charge in [-0.3, -0.25) is 4.90 Å². The molecule has 2 rings (SSSR count). The van der Waals surface area contributed by atoms with Crippen LogP contribution in [0, 0.1) is 0 Å². The van der Waals surface area contributed by atoms with Crippen molar-refractivity contribution in [3.8, 4) is 0 Å². The van der Waals surface area contributed by atoms with E-state index in [4.69, 9.17) is 0 Å². The van der Waals surface area contributed by atoms with E-state index in [1.54, 1.807) is 0 Å². The zero-order valence-corrected chi connectivity index (χ0v) is 9.05. The highest BCUT2D eigenvalue weighted by atomic mass is 16.3.